The Balaban J connectivity index is 0.000000263. The van der Waals surface area contributed by atoms with Crippen LogP contribution in [0.2, 0.25) is 0 Å². The zero-order valence-electron chi connectivity index (χ0n) is 21.8. The van der Waals surface area contributed by atoms with Gasteiger partial charge in [0.15, 0.2) is 0 Å². The van der Waals surface area contributed by atoms with Gasteiger partial charge in [-0.15, -0.1) is 0 Å². The summed E-state index contributed by atoms with van der Waals surface area (Å²) in [5, 5.41) is 14.2. The molecule has 0 aromatic heterocycles. The van der Waals surface area contributed by atoms with Crippen LogP contribution >= 0.6 is 0 Å². The summed E-state index contributed by atoms with van der Waals surface area (Å²) in [5.74, 6) is -3.83. The third kappa shape index (κ3) is 8.91. The molecule has 4 heterocycles. The van der Waals surface area contributed by atoms with Crippen LogP contribution in [-0.4, -0.2) is 133 Å². The Bertz CT molecular complexity index is 850. The van der Waals surface area contributed by atoms with Crippen molar-refractivity contribution in [3.8, 4) is 0 Å². The van der Waals surface area contributed by atoms with Gasteiger partial charge >= 0.3 is 24.3 Å². The number of carboxylic acid groups (broad SMARTS) is 2. The van der Waals surface area contributed by atoms with Gasteiger partial charge in [-0.2, -0.15) is 26.3 Å². The summed E-state index contributed by atoms with van der Waals surface area (Å²) in [5.41, 5.74) is 0. The Morgan fingerprint density at radius 1 is 0.775 bits per heavy atom. The Morgan fingerprint density at radius 3 is 1.82 bits per heavy atom. The van der Waals surface area contributed by atoms with Gasteiger partial charge in [-0.25, -0.2) is 9.59 Å². The summed E-state index contributed by atoms with van der Waals surface area (Å²) in [7, 11) is 0. The monoisotopic (exact) mass is 591 g/mol. The quantitative estimate of drug-likeness (QED) is 0.473. The van der Waals surface area contributed by atoms with Crippen molar-refractivity contribution >= 4 is 17.8 Å². The number of rotatable bonds is 4. The fourth-order valence-electron chi connectivity index (χ4n) is 5.75. The molecule has 0 radical (unpaired) electrons. The number of carbonyl (C=O) groups excluding carboxylic acids is 1. The zero-order valence-corrected chi connectivity index (χ0v) is 21.8. The molecule has 16 heteroatoms. The van der Waals surface area contributed by atoms with E-state index in [0.717, 1.165) is 58.8 Å². The van der Waals surface area contributed by atoms with E-state index < -0.39 is 24.3 Å². The molecule has 0 spiro atoms. The summed E-state index contributed by atoms with van der Waals surface area (Å²) in [6.45, 7) is 10.2. The van der Waals surface area contributed by atoms with Gasteiger partial charge in [0.25, 0.3) is 0 Å². The van der Waals surface area contributed by atoms with Crippen LogP contribution in [0, 0.1) is 17.8 Å². The molecule has 3 unspecified atom stereocenters. The molecule has 5 rings (SSSR count). The van der Waals surface area contributed by atoms with Crippen molar-refractivity contribution in [2.45, 2.75) is 50.2 Å². The molecule has 1 amide bonds. The number of hydrogen-bond acceptors (Lipinski definition) is 7. The molecule has 2 N–H and O–H groups in total. The molecule has 1 aliphatic carbocycles. The lowest BCUT2D eigenvalue weighted by atomic mass is 10.0. The molecule has 10 nitrogen and oxygen atoms in total. The first-order valence-corrected chi connectivity index (χ1v) is 13.2. The number of ether oxygens (including phenoxy) is 2. The van der Waals surface area contributed by atoms with Gasteiger partial charge in [0.2, 0.25) is 5.91 Å². The van der Waals surface area contributed by atoms with Crippen molar-refractivity contribution in [2.24, 2.45) is 17.8 Å². The van der Waals surface area contributed by atoms with E-state index >= 15 is 0 Å². The third-order valence-corrected chi connectivity index (χ3v) is 7.92. The van der Waals surface area contributed by atoms with Gasteiger partial charge < -0.3 is 29.5 Å². The van der Waals surface area contributed by atoms with Gasteiger partial charge in [-0.05, 0) is 50.6 Å². The van der Waals surface area contributed by atoms with Crippen LogP contribution < -0.4 is 0 Å². The van der Waals surface area contributed by atoms with Crippen LogP contribution in [0.4, 0.5) is 26.3 Å². The maximum absolute atomic E-state index is 12.9. The lowest BCUT2D eigenvalue weighted by Crippen LogP contribution is -2.53. The number of nitrogens with zero attached hydrogens (tertiary/aromatic N) is 3. The average molecular weight is 592 g/mol. The Morgan fingerprint density at radius 2 is 1.30 bits per heavy atom. The normalized spacial score (nSPS) is 30.6. The summed E-state index contributed by atoms with van der Waals surface area (Å²) in [4.78, 5) is 38.1. The van der Waals surface area contributed by atoms with Crippen LogP contribution in [0.25, 0.3) is 0 Å². The van der Waals surface area contributed by atoms with Gasteiger partial charge in [0.05, 0.1) is 25.9 Å². The molecular weight excluding hydrogens is 556 g/mol. The fraction of sp³-hybridized carbons (Fsp3) is 0.875. The van der Waals surface area contributed by atoms with Crippen molar-refractivity contribution < 1.29 is 60.4 Å². The standard InChI is InChI=1S/C20H33N3O3.2C2HF3O2/c24-20(19-15-13-25-14-16(15)19)23-7-3-17-18(4-8-23)26-12-11-22(17)10-9-21-5-1-2-6-21;2*3-2(4,5)1(6)7/h15-19H,1-14H2;2*(H,6,7)/t15-,16+,17?,18?,19?;;. The molecule has 0 bridgehead atoms. The molecule has 4 aliphatic heterocycles. The topological polar surface area (TPSA) is 120 Å². The molecule has 5 aliphatic rings. The van der Waals surface area contributed by atoms with E-state index in [-0.39, 0.29) is 5.92 Å². The van der Waals surface area contributed by atoms with Crippen molar-refractivity contribution in [2.75, 3.05) is 65.6 Å². The molecule has 1 saturated carbocycles. The second-order valence-corrected chi connectivity index (χ2v) is 10.5. The highest BCUT2D eigenvalue weighted by Gasteiger charge is 2.59. The van der Waals surface area contributed by atoms with Crippen LogP contribution in [0.1, 0.15) is 25.7 Å². The number of carbonyl (C=O) groups is 3. The van der Waals surface area contributed by atoms with Crippen LogP contribution in [0.15, 0.2) is 0 Å². The first-order valence-electron chi connectivity index (χ1n) is 13.2. The van der Waals surface area contributed by atoms with E-state index in [9.17, 15) is 31.1 Å². The summed E-state index contributed by atoms with van der Waals surface area (Å²) >= 11 is 0. The predicted octanol–water partition coefficient (Wildman–Crippen LogP) is 1.93. The maximum atomic E-state index is 12.9. The zero-order chi connectivity index (χ0) is 29.7. The number of halogens is 6. The number of likely N-dealkylation sites (tertiary alicyclic amines) is 2. The van der Waals surface area contributed by atoms with E-state index in [1.165, 1.54) is 32.5 Å². The van der Waals surface area contributed by atoms with E-state index in [1.54, 1.807) is 0 Å². The Hall–Kier alpha value is -2.17. The molecule has 5 fully saturated rings. The summed E-state index contributed by atoms with van der Waals surface area (Å²) in [6, 6.07) is 0.492. The SMILES string of the molecule is O=C(C1[C@H]2COC[C@@H]12)N1CCC2OCCN(CCN3CCCC3)C2CC1.O=C(O)C(F)(F)F.O=C(O)C(F)(F)F. The number of aliphatic carboxylic acids is 2. The van der Waals surface area contributed by atoms with Gasteiger partial charge in [0.1, 0.15) is 0 Å². The van der Waals surface area contributed by atoms with Crippen LogP contribution in [-0.2, 0) is 23.9 Å². The molecule has 4 saturated heterocycles. The van der Waals surface area contributed by atoms with E-state index in [2.05, 4.69) is 14.7 Å². The van der Waals surface area contributed by atoms with Crippen molar-refractivity contribution in [3.05, 3.63) is 0 Å². The van der Waals surface area contributed by atoms with Crippen molar-refractivity contribution in [3.63, 3.8) is 0 Å². The number of alkyl halides is 6. The fourth-order valence-corrected chi connectivity index (χ4v) is 5.75. The molecule has 5 atom stereocenters. The molecule has 0 aromatic carbocycles. The van der Waals surface area contributed by atoms with Crippen molar-refractivity contribution in [1.29, 1.82) is 0 Å². The molecule has 40 heavy (non-hydrogen) atoms. The molecular formula is C24H35F6N3O7. The molecule has 0 aromatic rings. The number of morpholine rings is 1. The van der Waals surface area contributed by atoms with E-state index in [1.807, 2.05) is 0 Å². The lowest BCUT2D eigenvalue weighted by molar-refractivity contribution is -0.193. The Kier molecular flexibility index (Phi) is 11.0. The van der Waals surface area contributed by atoms with Crippen molar-refractivity contribution in [1.82, 2.24) is 14.7 Å². The second-order valence-electron chi connectivity index (χ2n) is 10.5. The first-order chi connectivity index (χ1) is 18.7. The highest BCUT2D eigenvalue weighted by atomic mass is 19.4. The van der Waals surface area contributed by atoms with E-state index in [0.29, 0.717) is 29.9 Å². The minimum atomic E-state index is -5.08. The first kappa shape index (κ1) is 32.3. The predicted molar refractivity (Wildman–Crippen MR) is 125 cm³/mol. The second kappa shape index (κ2) is 13.7. The van der Waals surface area contributed by atoms with Crippen LogP contribution in [0.3, 0.4) is 0 Å². The summed E-state index contributed by atoms with van der Waals surface area (Å²) in [6.07, 6.45) is -5.08. The van der Waals surface area contributed by atoms with E-state index in [4.69, 9.17) is 29.3 Å². The minimum absolute atomic E-state index is 0.260. The number of amides is 1. The lowest BCUT2D eigenvalue weighted by Gasteiger charge is -2.41. The smallest absolute Gasteiger partial charge is 0.475 e. The molecule has 230 valence electrons. The Labute approximate surface area is 227 Å². The van der Waals surface area contributed by atoms with Gasteiger partial charge in [-0.3, -0.25) is 9.69 Å². The number of fused-ring (bicyclic) bond motifs is 2. The number of hydrogen-bond donors (Lipinski definition) is 2. The van der Waals surface area contributed by atoms with Gasteiger partial charge in [-0.1, -0.05) is 0 Å². The van der Waals surface area contributed by atoms with Crippen LogP contribution in [0.5, 0.6) is 0 Å². The van der Waals surface area contributed by atoms with Gasteiger partial charge in [0, 0.05) is 44.7 Å². The summed E-state index contributed by atoms with van der Waals surface area (Å²) < 4.78 is 75.1. The maximum Gasteiger partial charge on any atom is 0.490 e. The minimum Gasteiger partial charge on any atom is -0.475 e. The average Bonchev–Trinajstić information content (AvgIpc) is 3.16. The highest BCUT2D eigenvalue weighted by Crippen LogP contribution is 2.51. The third-order valence-electron chi connectivity index (χ3n) is 7.92. The highest BCUT2D eigenvalue weighted by molar-refractivity contribution is 5.82. The number of carboxylic acids is 2. The largest absolute Gasteiger partial charge is 0.490 e.